The zero-order valence-corrected chi connectivity index (χ0v) is 15.4. The molecule has 0 aliphatic heterocycles. The SMILES string of the molecule is COc1cccc2ccc(/C=C/c3cc(OC(C)=O)ccc3Br)nc12. The van der Waals surface area contributed by atoms with E-state index >= 15 is 0 Å². The third kappa shape index (κ3) is 4.06. The second-order valence-electron chi connectivity index (χ2n) is 5.38. The third-order valence-electron chi connectivity index (χ3n) is 3.59. The highest BCUT2D eigenvalue weighted by molar-refractivity contribution is 9.10. The summed E-state index contributed by atoms with van der Waals surface area (Å²) >= 11 is 3.50. The Morgan fingerprint density at radius 1 is 1.12 bits per heavy atom. The Kier molecular flexibility index (Phi) is 5.14. The third-order valence-corrected chi connectivity index (χ3v) is 4.31. The number of rotatable bonds is 4. The zero-order chi connectivity index (χ0) is 17.8. The van der Waals surface area contributed by atoms with Crippen molar-refractivity contribution >= 4 is 45.0 Å². The second-order valence-corrected chi connectivity index (χ2v) is 6.23. The van der Waals surface area contributed by atoms with Gasteiger partial charge in [0.25, 0.3) is 0 Å². The second kappa shape index (κ2) is 7.49. The van der Waals surface area contributed by atoms with Crippen molar-refractivity contribution in [2.45, 2.75) is 6.92 Å². The molecule has 0 bridgehead atoms. The van der Waals surface area contributed by atoms with Crippen LogP contribution in [-0.2, 0) is 4.79 Å². The maximum absolute atomic E-state index is 11.1. The van der Waals surface area contributed by atoms with Crippen molar-refractivity contribution in [3.63, 3.8) is 0 Å². The van der Waals surface area contributed by atoms with Gasteiger partial charge in [-0.1, -0.05) is 40.2 Å². The van der Waals surface area contributed by atoms with Gasteiger partial charge in [-0.15, -0.1) is 0 Å². The number of esters is 1. The number of aromatic nitrogens is 1. The molecule has 0 fully saturated rings. The summed E-state index contributed by atoms with van der Waals surface area (Å²) in [6.45, 7) is 1.38. The minimum Gasteiger partial charge on any atom is -0.494 e. The van der Waals surface area contributed by atoms with Crippen LogP contribution in [-0.4, -0.2) is 18.1 Å². The van der Waals surface area contributed by atoms with Crippen LogP contribution in [0.1, 0.15) is 18.2 Å². The molecule has 0 N–H and O–H groups in total. The number of hydrogen-bond acceptors (Lipinski definition) is 4. The van der Waals surface area contributed by atoms with E-state index in [1.54, 1.807) is 19.2 Å². The van der Waals surface area contributed by atoms with Gasteiger partial charge in [0.15, 0.2) is 0 Å². The first-order chi connectivity index (χ1) is 12.1. The number of carbonyl (C=O) groups is 1. The number of ether oxygens (including phenoxy) is 2. The molecule has 1 aromatic heterocycles. The predicted octanol–water partition coefficient (Wildman–Crippen LogP) is 5.10. The molecule has 0 radical (unpaired) electrons. The molecule has 0 spiro atoms. The molecular formula is C20H16BrNO3. The van der Waals surface area contributed by atoms with Crippen LogP contribution in [0.4, 0.5) is 0 Å². The monoisotopic (exact) mass is 397 g/mol. The minimum absolute atomic E-state index is 0.347. The standard InChI is InChI=1S/C20H16BrNO3/c1-13(23)25-17-10-11-18(21)15(12-17)7-9-16-8-6-14-4-3-5-19(24-2)20(14)22-16/h3-12H,1-2H3/b9-7+. The molecule has 5 heteroatoms. The van der Waals surface area contributed by atoms with E-state index in [0.29, 0.717) is 5.75 Å². The normalized spacial score (nSPS) is 11.0. The fourth-order valence-electron chi connectivity index (χ4n) is 2.45. The lowest BCUT2D eigenvalue weighted by Crippen LogP contribution is -2.01. The van der Waals surface area contributed by atoms with Crippen molar-refractivity contribution in [1.82, 2.24) is 4.98 Å². The van der Waals surface area contributed by atoms with Gasteiger partial charge in [0.2, 0.25) is 0 Å². The Balaban J connectivity index is 1.94. The average Bonchev–Trinajstić information content (AvgIpc) is 2.61. The average molecular weight is 398 g/mol. The molecule has 3 rings (SSSR count). The first kappa shape index (κ1) is 17.2. The van der Waals surface area contributed by atoms with Gasteiger partial charge in [0, 0.05) is 16.8 Å². The fourth-order valence-corrected chi connectivity index (χ4v) is 2.83. The van der Waals surface area contributed by atoms with E-state index in [-0.39, 0.29) is 5.97 Å². The van der Waals surface area contributed by atoms with E-state index < -0.39 is 0 Å². The number of fused-ring (bicyclic) bond motifs is 1. The Bertz CT molecular complexity index is 966. The van der Waals surface area contributed by atoms with Crippen LogP contribution >= 0.6 is 15.9 Å². The largest absolute Gasteiger partial charge is 0.494 e. The number of hydrogen-bond donors (Lipinski definition) is 0. The first-order valence-electron chi connectivity index (χ1n) is 7.66. The lowest BCUT2D eigenvalue weighted by atomic mass is 10.1. The van der Waals surface area contributed by atoms with E-state index in [4.69, 9.17) is 9.47 Å². The Morgan fingerprint density at radius 2 is 1.96 bits per heavy atom. The van der Waals surface area contributed by atoms with Crippen molar-refractivity contribution in [3.8, 4) is 11.5 Å². The van der Waals surface area contributed by atoms with Crippen LogP contribution in [0, 0.1) is 0 Å². The first-order valence-corrected chi connectivity index (χ1v) is 8.46. The lowest BCUT2D eigenvalue weighted by Gasteiger charge is -2.06. The summed E-state index contributed by atoms with van der Waals surface area (Å²) in [5, 5.41) is 1.02. The summed E-state index contributed by atoms with van der Waals surface area (Å²) < 4.78 is 11.4. The van der Waals surface area contributed by atoms with E-state index in [0.717, 1.165) is 32.4 Å². The summed E-state index contributed by atoms with van der Waals surface area (Å²) in [5.74, 6) is 0.898. The number of para-hydroxylation sites is 1. The Labute approximate surface area is 154 Å². The van der Waals surface area contributed by atoms with E-state index in [9.17, 15) is 4.79 Å². The van der Waals surface area contributed by atoms with Crippen LogP contribution in [0.5, 0.6) is 11.5 Å². The van der Waals surface area contributed by atoms with Crippen molar-refractivity contribution in [3.05, 3.63) is 64.3 Å². The van der Waals surface area contributed by atoms with E-state index in [1.807, 2.05) is 48.6 Å². The molecule has 0 aliphatic carbocycles. The molecule has 0 unspecified atom stereocenters. The van der Waals surface area contributed by atoms with Gasteiger partial charge in [0.1, 0.15) is 17.0 Å². The van der Waals surface area contributed by atoms with Crippen LogP contribution in [0.3, 0.4) is 0 Å². The number of nitrogens with zero attached hydrogens (tertiary/aromatic N) is 1. The molecule has 0 amide bonds. The van der Waals surface area contributed by atoms with Crippen molar-refractivity contribution in [2.75, 3.05) is 7.11 Å². The van der Waals surface area contributed by atoms with E-state index in [2.05, 4.69) is 20.9 Å². The summed E-state index contributed by atoms with van der Waals surface area (Å²) in [5.41, 5.74) is 2.52. The van der Waals surface area contributed by atoms with Crippen LogP contribution in [0.15, 0.2) is 53.0 Å². The molecule has 0 saturated carbocycles. The number of methoxy groups -OCH3 is 1. The quantitative estimate of drug-likeness (QED) is 0.453. The Morgan fingerprint density at radius 3 is 2.72 bits per heavy atom. The highest BCUT2D eigenvalue weighted by atomic mass is 79.9. The number of pyridine rings is 1. The number of halogens is 1. The van der Waals surface area contributed by atoms with Gasteiger partial charge < -0.3 is 9.47 Å². The van der Waals surface area contributed by atoms with Crippen LogP contribution in [0.2, 0.25) is 0 Å². The predicted molar refractivity (Wildman–Crippen MR) is 103 cm³/mol. The fraction of sp³-hybridized carbons (Fsp3) is 0.100. The molecule has 0 aliphatic rings. The van der Waals surface area contributed by atoms with Gasteiger partial charge in [-0.3, -0.25) is 4.79 Å². The van der Waals surface area contributed by atoms with Crippen molar-refractivity contribution < 1.29 is 14.3 Å². The smallest absolute Gasteiger partial charge is 0.308 e. The highest BCUT2D eigenvalue weighted by Gasteiger charge is 2.04. The van der Waals surface area contributed by atoms with Gasteiger partial charge in [-0.05, 0) is 42.0 Å². The number of benzene rings is 2. The summed E-state index contributed by atoms with van der Waals surface area (Å²) in [7, 11) is 1.64. The van der Waals surface area contributed by atoms with Gasteiger partial charge in [-0.2, -0.15) is 0 Å². The maximum Gasteiger partial charge on any atom is 0.308 e. The topological polar surface area (TPSA) is 48.4 Å². The summed E-state index contributed by atoms with van der Waals surface area (Å²) in [6, 6.07) is 15.2. The lowest BCUT2D eigenvalue weighted by molar-refractivity contribution is -0.131. The van der Waals surface area contributed by atoms with Crippen LogP contribution in [0.25, 0.3) is 23.1 Å². The molecule has 3 aromatic rings. The summed E-state index contributed by atoms with van der Waals surface area (Å²) in [6.07, 6.45) is 3.82. The van der Waals surface area contributed by atoms with Crippen molar-refractivity contribution in [2.24, 2.45) is 0 Å². The summed E-state index contributed by atoms with van der Waals surface area (Å²) in [4.78, 5) is 15.7. The molecule has 1 heterocycles. The molecule has 2 aromatic carbocycles. The molecule has 126 valence electrons. The van der Waals surface area contributed by atoms with Crippen LogP contribution < -0.4 is 9.47 Å². The van der Waals surface area contributed by atoms with Gasteiger partial charge in [0.05, 0.1) is 12.8 Å². The zero-order valence-electron chi connectivity index (χ0n) is 13.8. The molecule has 4 nitrogen and oxygen atoms in total. The van der Waals surface area contributed by atoms with Crippen molar-refractivity contribution in [1.29, 1.82) is 0 Å². The molecular weight excluding hydrogens is 382 g/mol. The Hall–Kier alpha value is -2.66. The van der Waals surface area contributed by atoms with Gasteiger partial charge in [-0.25, -0.2) is 4.98 Å². The van der Waals surface area contributed by atoms with Gasteiger partial charge >= 0.3 is 5.97 Å². The molecule has 25 heavy (non-hydrogen) atoms. The van der Waals surface area contributed by atoms with E-state index in [1.165, 1.54) is 6.92 Å². The molecule has 0 atom stereocenters. The minimum atomic E-state index is -0.347. The number of carbonyl (C=O) groups excluding carboxylic acids is 1. The molecule has 0 saturated heterocycles. The maximum atomic E-state index is 11.1. The highest BCUT2D eigenvalue weighted by Crippen LogP contribution is 2.26.